The SMILES string of the molecule is CSCCCCNCc1cc(Cl)cc(Cl)c1O. The smallest absolute Gasteiger partial charge is 0.138 e. The number of phenols is 1. The van der Waals surface area contributed by atoms with E-state index in [4.69, 9.17) is 23.2 Å². The van der Waals surface area contributed by atoms with E-state index in [2.05, 4.69) is 11.6 Å². The monoisotopic (exact) mass is 293 g/mol. The lowest BCUT2D eigenvalue weighted by Gasteiger charge is -2.08. The fraction of sp³-hybridized carbons (Fsp3) is 0.500. The van der Waals surface area contributed by atoms with Gasteiger partial charge in [-0.2, -0.15) is 11.8 Å². The highest BCUT2D eigenvalue weighted by atomic mass is 35.5. The van der Waals surface area contributed by atoms with Crippen LogP contribution in [0.5, 0.6) is 5.75 Å². The third kappa shape index (κ3) is 5.38. The first kappa shape index (κ1) is 15.0. The summed E-state index contributed by atoms with van der Waals surface area (Å²) >= 11 is 13.6. The molecule has 96 valence electrons. The second-order valence-corrected chi connectivity index (χ2v) is 5.60. The molecule has 0 atom stereocenters. The van der Waals surface area contributed by atoms with Crippen LogP contribution in [0.2, 0.25) is 10.0 Å². The minimum Gasteiger partial charge on any atom is -0.506 e. The number of hydrogen-bond donors (Lipinski definition) is 2. The predicted molar refractivity (Wildman–Crippen MR) is 77.4 cm³/mol. The second kappa shape index (κ2) is 8.09. The second-order valence-electron chi connectivity index (χ2n) is 3.77. The lowest BCUT2D eigenvalue weighted by Crippen LogP contribution is -2.15. The summed E-state index contributed by atoms with van der Waals surface area (Å²) in [6, 6.07) is 3.28. The van der Waals surface area contributed by atoms with Gasteiger partial charge in [0.15, 0.2) is 0 Å². The summed E-state index contributed by atoms with van der Waals surface area (Å²) in [5, 5.41) is 13.8. The molecular weight excluding hydrogens is 277 g/mol. The molecule has 0 fully saturated rings. The van der Waals surface area contributed by atoms with Crippen LogP contribution in [-0.4, -0.2) is 23.7 Å². The Kier molecular flexibility index (Phi) is 7.12. The van der Waals surface area contributed by atoms with Gasteiger partial charge in [0.25, 0.3) is 0 Å². The van der Waals surface area contributed by atoms with E-state index in [9.17, 15) is 5.11 Å². The highest BCUT2D eigenvalue weighted by Crippen LogP contribution is 2.30. The van der Waals surface area contributed by atoms with Gasteiger partial charge in [-0.25, -0.2) is 0 Å². The molecule has 1 rings (SSSR count). The van der Waals surface area contributed by atoms with Crippen LogP contribution in [-0.2, 0) is 6.54 Å². The third-order valence-electron chi connectivity index (χ3n) is 2.37. The summed E-state index contributed by atoms with van der Waals surface area (Å²) in [5.41, 5.74) is 0.743. The van der Waals surface area contributed by atoms with Gasteiger partial charge < -0.3 is 10.4 Å². The Morgan fingerprint density at radius 2 is 2.06 bits per heavy atom. The average molecular weight is 294 g/mol. The molecule has 0 spiro atoms. The Labute approximate surface area is 117 Å². The Hall–Kier alpha value is -0.0900. The van der Waals surface area contributed by atoms with E-state index >= 15 is 0 Å². The summed E-state index contributed by atoms with van der Waals surface area (Å²) in [7, 11) is 0. The van der Waals surface area contributed by atoms with Crippen LogP contribution in [0, 0.1) is 0 Å². The maximum absolute atomic E-state index is 9.73. The normalized spacial score (nSPS) is 10.8. The molecule has 2 nitrogen and oxygen atoms in total. The van der Waals surface area contributed by atoms with E-state index in [1.54, 1.807) is 12.1 Å². The molecule has 0 saturated heterocycles. The molecule has 1 aromatic carbocycles. The Balaban J connectivity index is 2.36. The van der Waals surface area contributed by atoms with Crippen molar-refractivity contribution in [2.24, 2.45) is 0 Å². The summed E-state index contributed by atoms with van der Waals surface area (Å²) < 4.78 is 0. The number of thioether (sulfide) groups is 1. The standard InChI is InChI=1S/C12H17Cl2NOS/c1-17-5-3-2-4-15-8-9-6-10(13)7-11(14)12(9)16/h6-7,15-16H,2-5,8H2,1H3. The van der Waals surface area contributed by atoms with Gasteiger partial charge in [0.2, 0.25) is 0 Å². The van der Waals surface area contributed by atoms with Crippen LogP contribution in [0.15, 0.2) is 12.1 Å². The summed E-state index contributed by atoms with van der Waals surface area (Å²) in [4.78, 5) is 0. The van der Waals surface area contributed by atoms with E-state index in [0.29, 0.717) is 16.6 Å². The zero-order valence-electron chi connectivity index (χ0n) is 9.80. The van der Waals surface area contributed by atoms with Crippen molar-refractivity contribution in [1.29, 1.82) is 0 Å². The van der Waals surface area contributed by atoms with Gasteiger partial charge in [0, 0.05) is 17.1 Å². The maximum atomic E-state index is 9.73. The number of benzene rings is 1. The molecule has 0 aliphatic carbocycles. The molecule has 0 amide bonds. The van der Waals surface area contributed by atoms with Gasteiger partial charge in [-0.15, -0.1) is 0 Å². The molecule has 17 heavy (non-hydrogen) atoms. The van der Waals surface area contributed by atoms with Crippen molar-refractivity contribution in [2.45, 2.75) is 19.4 Å². The molecule has 0 unspecified atom stereocenters. The van der Waals surface area contributed by atoms with E-state index in [-0.39, 0.29) is 5.75 Å². The predicted octanol–water partition coefficient (Wildman–Crippen LogP) is 3.93. The molecule has 0 heterocycles. The summed E-state index contributed by atoms with van der Waals surface area (Å²) in [6.45, 7) is 1.52. The van der Waals surface area contributed by atoms with Crippen molar-refractivity contribution < 1.29 is 5.11 Å². The molecule has 0 aliphatic heterocycles. The lowest BCUT2D eigenvalue weighted by atomic mass is 10.2. The Morgan fingerprint density at radius 1 is 1.29 bits per heavy atom. The zero-order valence-corrected chi connectivity index (χ0v) is 12.1. The first-order chi connectivity index (χ1) is 8.15. The van der Waals surface area contributed by atoms with Gasteiger partial charge in [0.05, 0.1) is 5.02 Å². The van der Waals surface area contributed by atoms with Crippen molar-refractivity contribution in [1.82, 2.24) is 5.32 Å². The average Bonchev–Trinajstić information content (AvgIpc) is 2.29. The first-order valence-corrected chi connectivity index (χ1v) is 7.66. The minimum absolute atomic E-state index is 0.118. The van der Waals surface area contributed by atoms with Crippen molar-refractivity contribution in [3.63, 3.8) is 0 Å². The van der Waals surface area contributed by atoms with Gasteiger partial charge in [-0.05, 0) is 43.5 Å². The molecule has 1 aromatic rings. The fourth-order valence-electron chi connectivity index (χ4n) is 1.47. The number of phenolic OH excluding ortho intramolecular Hbond substituents is 1. The topological polar surface area (TPSA) is 32.3 Å². The molecule has 0 bridgehead atoms. The number of rotatable bonds is 7. The third-order valence-corrected chi connectivity index (χ3v) is 3.58. The number of nitrogens with one attached hydrogen (secondary N) is 1. The molecule has 0 saturated carbocycles. The number of unbranched alkanes of at least 4 members (excludes halogenated alkanes) is 1. The molecule has 0 radical (unpaired) electrons. The fourth-order valence-corrected chi connectivity index (χ4v) is 2.50. The van der Waals surface area contributed by atoms with E-state index in [0.717, 1.165) is 18.5 Å². The van der Waals surface area contributed by atoms with Crippen LogP contribution >= 0.6 is 35.0 Å². The van der Waals surface area contributed by atoms with Crippen molar-refractivity contribution in [2.75, 3.05) is 18.6 Å². The van der Waals surface area contributed by atoms with E-state index in [1.165, 1.54) is 12.2 Å². The quantitative estimate of drug-likeness (QED) is 0.747. The number of hydrogen-bond acceptors (Lipinski definition) is 3. The van der Waals surface area contributed by atoms with Crippen LogP contribution in [0.25, 0.3) is 0 Å². The van der Waals surface area contributed by atoms with Gasteiger partial charge in [0.1, 0.15) is 5.75 Å². The summed E-state index contributed by atoms with van der Waals surface area (Å²) in [5.74, 6) is 1.31. The molecule has 5 heteroatoms. The first-order valence-electron chi connectivity index (χ1n) is 5.51. The van der Waals surface area contributed by atoms with Crippen LogP contribution < -0.4 is 5.32 Å². The molecule has 2 N–H and O–H groups in total. The zero-order chi connectivity index (χ0) is 12.7. The summed E-state index contributed by atoms with van der Waals surface area (Å²) in [6.07, 6.45) is 4.45. The van der Waals surface area contributed by atoms with Crippen molar-refractivity contribution in [3.8, 4) is 5.75 Å². The largest absolute Gasteiger partial charge is 0.506 e. The van der Waals surface area contributed by atoms with Gasteiger partial charge in [-0.1, -0.05) is 23.2 Å². The minimum atomic E-state index is 0.118. The van der Waals surface area contributed by atoms with Gasteiger partial charge in [-0.3, -0.25) is 0 Å². The van der Waals surface area contributed by atoms with Crippen LogP contribution in [0.1, 0.15) is 18.4 Å². The lowest BCUT2D eigenvalue weighted by molar-refractivity contribution is 0.464. The van der Waals surface area contributed by atoms with Gasteiger partial charge >= 0.3 is 0 Å². The molecular formula is C12H17Cl2NOS. The van der Waals surface area contributed by atoms with Crippen LogP contribution in [0.3, 0.4) is 0 Å². The molecule has 0 aliphatic rings. The molecule has 0 aromatic heterocycles. The van der Waals surface area contributed by atoms with E-state index in [1.807, 2.05) is 11.8 Å². The van der Waals surface area contributed by atoms with Crippen molar-refractivity contribution >= 4 is 35.0 Å². The maximum Gasteiger partial charge on any atom is 0.138 e. The number of halogens is 2. The van der Waals surface area contributed by atoms with Crippen molar-refractivity contribution in [3.05, 3.63) is 27.7 Å². The highest BCUT2D eigenvalue weighted by Gasteiger charge is 2.07. The number of aromatic hydroxyl groups is 1. The highest BCUT2D eigenvalue weighted by molar-refractivity contribution is 7.98. The Bertz CT molecular complexity index is 361. The van der Waals surface area contributed by atoms with E-state index < -0.39 is 0 Å². The Morgan fingerprint density at radius 3 is 2.76 bits per heavy atom. The van der Waals surface area contributed by atoms with Crippen LogP contribution in [0.4, 0.5) is 0 Å².